The number of imidazole rings is 2. The number of para-hydroxylation sites is 2. The monoisotopic (exact) mass is 2050 g/mol. The fourth-order valence-corrected chi connectivity index (χ4v) is 16.9. The highest BCUT2D eigenvalue weighted by Gasteiger charge is 2.43. The van der Waals surface area contributed by atoms with Gasteiger partial charge in [0.05, 0.1) is 61.7 Å². The summed E-state index contributed by atoms with van der Waals surface area (Å²) in [6.45, 7) is 9.57. The Hall–Kier alpha value is -15.9. The third kappa shape index (κ3) is 33.6. The van der Waals surface area contributed by atoms with Crippen LogP contribution in [0.2, 0.25) is 0 Å². The molecule has 0 saturated carbocycles. The van der Waals surface area contributed by atoms with Crippen LogP contribution in [0.1, 0.15) is 147 Å². The smallest absolute Gasteiger partial charge is 0.330 e. The zero-order valence-corrected chi connectivity index (χ0v) is 83.2. The minimum atomic E-state index is -1.89. The van der Waals surface area contributed by atoms with Crippen LogP contribution in [0.3, 0.4) is 0 Å². The quantitative estimate of drug-likeness (QED) is 0.0133. The van der Waals surface area contributed by atoms with E-state index >= 15 is 24.0 Å². The van der Waals surface area contributed by atoms with Gasteiger partial charge in [-0.15, -0.1) is 0 Å². The van der Waals surface area contributed by atoms with Crippen molar-refractivity contribution < 1.29 is 116 Å². The Morgan fingerprint density at radius 3 is 1.20 bits per heavy atom. The molecule has 4 aromatic carbocycles. The first-order valence-corrected chi connectivity index (χ1v) is 48.7. The van der Waals surface area contributed by atoms with Crippen molar-refractivity contribution >= 4 is 128 Å². The number of aliphatic hydroxyl groups is 2. The number of H-pyrrole nitrogens is 4. The number of amides is 19. The first kappa shape index (κ1) is 112. The summed E-state index contributed by atoms with van der Waals surface area (Å²) in [5, 5.41) is 83.5. The van der Waals surface area contributed by atoms with Crippen LogP contribution < -0.4 is 96.3 Å². The third-order valence-corrected chi connectivity index (χ3v) is 24.6. The van der Waals surface area contributed by atoms with Crippen molar-refractivity contribution in [1.29, 1.82) is 0 Å². The van der Waals surface area contributed by atoms with Crippen molar-refractivity contribution in [2.75, 3.05) is 39.5 Å². The Morgan fingerprint density at radius 2 is 0.804 bits per heavy atom. The number of aromatic amines is 4. The van der Waals surface area contributed by atoms with Gasteiger partial charge in [0.15, 0.2) is 0 Å². The molecule has 8 aromatic rings. The van der Waals surface area contributed by atoms with Crippen LogP contribution >= 0.6 is 0 Å². The van der Waals surface area contributed by atoms with Gasteiger partial charge in [0.25, 0.3) is 5.91 Å². The van der Waals surface area contributed by atoms with Crippen molar-refractivity contribution in [3.05, 3.63) is 168 Å². The summed E-state index contributed by atoms with van der Waals surface area (Å²) in [6.07, 6.45) is 7.29. The molecule has 0 radical (unpaired) electrons. The molecule has 0 unspecified atom stereocenters. The van der Waals surface area contributed by atoms with Gasteiger partial charge in [0.2, 0.25) is 94.5 Å². The number of likely N-dealkylation sites (tertiary alicyclic amines) is 1. The first-order valence-electron chi connectivity index (χ1n) is 48.7. The van der Waals surface area contributed by atoms with Gasteiger partial charge in [-0.25, -0.2) is 20.2 Å². The van der Waals surface area contributed by atoms with E-state index in [1.165, 1.54) is 73.6 Å². The topological polar surface area (TPSA) is 729 Å². The van der Waals surface area contributed by atoms with Crippen LogP contribution in [0.5, 0.6) is 11.5 Å². The van der Waals surface area contributed by atoms with Crippen molar-refractivity contribution in [2.45, 2.75) is 254 Å². The number of primary amides is 1. The minimum Gasteiger partial charge on any atom is -0.508 e. The Morgan fingerprint density at radius 1 is 0.432 bits per heavy atom. The van der Waals surface area contributed by atoms with E-state index in [2.05, 4.69) is 115 Å². The van der Waals surface area contributed by atoms with Gasteiger partial charge in [-0.1, -0.05) is 74.5 Å². The molecule has 0 spiro atoms. The summed E-state index contributed by atoms with van der Waals surface area (Å²) in [5.74, 6) is -15.8. The summed E-state index contributed by atoms with van der Waals surface area (Å²) in [6, 6.07) is 1.09. The van der Waals surface area contributed by atoms with Crippen LogP contribution in [0, 0.1) is 5.92 Å². The summed E-state index contributed by atoms with van der Waals surface area (Å²) < 4.78 is 12.2. The lowest BCUT2D eigenvalue weighted by Gasteiger charge is -2.31. The van der Waals surface area contributed by atoms with Crippen LogP contribution in [0.25, 0.3) is 21.8 Å². The number of hydrogen-bond acceptors (Lipinski definition) is 26. The number of urea groups is 1. The van der Waals surface area contributed by atoms with E-state index in [4.69, 9.17) is 15.2 Å². The number of nitrogens with zero attached hydrogens (tertiary/aromatic N) is 3. The molecule has 7 heterocycles. The number of fused-ring (bicyclic) bond motifs is 2. The van der Waals surface area contributed by atoms with Gasteiger partial charge in [-0.3, -0.25) is 86.9 Å². The molecule has 148 heavy (non-hydrogen) atoms. The lowest BCUT2D eigenvalue weighted by molar-refractivity contribution is -0.142. The Labute approximate surface area is 850 Å². The molecule has 49 heteroatoms. The zero-order chi connectivity index (χ0) is 107. The molecule has 4 aromatic heterocycles. The summed E-state index contributed by atoms with van der Waals surface area (Å²) >= 11 is 0. The molecule has 3 aliphatic rings. The normalized spacial score (nSPS) is 17.0. The Kier molecular flexibility index (Phi) is 40.1. The highest BCUT2D eigenvalue weighted by Crippen LogP contribution is 2.26. The average molecular weight is 2060 g/mol. The Bertz CT molecular complexity index is 6000. The Balaban J connectivity index is 0.802. The lowest BCUT2D eigenvalue weighted by atomic mass is 10.0. The number of phenolic OH excluding ortho intramolecular Hbond substituents is 2. The van der Waals surface area contributed by atoms with Crippen molar-refractivity contribution in [3.8, 4) is 11.5 Å². The summed E-state index contributed by atoms with van der Waals surface area (Å²) in [4.78, 5) is 278. The molecule has 0 bridgehead atoms. The van der Waals surface area contributed by atoms with Crippen LogP contribution in [0.15, 0.2) is 135 Å². The molecule has 796 valence electrons. The molecule has 15 atom stereocenters. The maximum atomic E-state index is 15.3. The SMILES string of the molecule is CC(C)C[C@H](NC(=O)[C@@H](COC(C)(C)C)NC(=O)[C@H](Cc1ccc(O)cc1)NC(=O)[C@H](CO)NC(=O)[C@H](Cc1c[nH]c2ccccc12)NC(=O)[C@H](Cc1c[nH]cn1)NC(=O)[C@@H]1CCC(=O)N1)C(=O)N[C@@H](CCCNC(=O)[C@@H](COC(C)(C)C)NC(=O)[C@H](Cc1ccc(O)cc1)NC(=O)[C@H](CO)NC(=O)[C@H](Cc1c[nH]c2ccccc12)NC(=O)[C@H](Cc1c[nH]cn1)NC(=O)[C@@H]1CCC(=O)N1)C(=O)N1CCC[C@H]1C(=O)NNC(N)=O. The number of hydrazine groups is 1. The fraction of sp³-hybridized carbons (Fsp3) is 0.475. The number of aliphatic hydroxyl groups excluding tert-OH is 2. The molecule has 3 saturated heterocycles. The predicted molar refractivity (Wildman–Crippen MR) is 531 cm³/mol. The number of aromatic nitrogens is 6. The molecule has 3 aliphatic heterocycles. The number of phenols is 2. The number of nitrogens with one attached hydrogen (secondary N) is 21. The number of carbonyl (C=O) groups excluding carboxylic acids is 18. The second-order valence-corrected chi connectivity index (χ2v) is 38.9. The van der Waals surface area contributed by atoms with E-state index in [-0.39, 0.29) is 126 Å². The number of rotatable bonds is 51. The highest BCUT2D eigenvalue weighted by molar-refractivity contribution is 6.02. The third-order valence-electron chi connectivity index (χ3n) is 24.6. The van der Waals surface area contributed by atoms with E-state index in [9.17, 15) is 82.8 Å². The standard InChI is InChI=1S/C99H131N25O24/c1-52(2)35-68(111-94(143)78(49-148-99(6,7)8)121-87(136)70(37-54-23-27-60(128)28-24-54)113-93(142)76(47-126)119-89(138)72(39-56-43-105-64-18-12-10-16-62(56)64)115-91(140)74(41-58-45-102-51-107-58)117-84(133)66-30-32-81(130)109-66)85(134)110-67(96(145)124-34-14-20-79(124)95(144)122-123-97(100)146)19-13-33-103-82(131)77(48-147-98(3,4)5)120-86(135)69(36-53-21-25-59(127)26-22-53)112-92(141)75(46-125)118-88(137)71(38-55-42-104-63-17-11-9-15-61(55)63)114-90(139)73(40-57-44-101-50-106-57)116-83(132)65-29-31-80(129)108-65/h9-12,15-18,21-28,42-45,50-52,65-79,104-105,125-128H,13-14,19-20,29-41,46-49H2,1-8H3,(H,101,106)(H,102,107)(H,103,131)(H,108,129)(H,109,130)(H,110,134)(H,111,143)(H,112,141)(H,113,142)(H,114,139)(H,115,140)(H,116,132)(H,117,133)(H,118,137)(H,119,138)(H,120,135)(H,121,136)(H,122,144)(H3,100,123,146)/t65-,66-,67-,68-,69-,70-,71-,72-,73-,74-,75-,76-,77+,78+,79-/m0/s1. The number of ether oxygens (including phenoxy) is 2. The molecule has 27 N–H and O–H groups in total. The number of benzene rings is 4. The molecule has 3 fully saturated rings. The second-order valence-electron chi connectivity index (χ2n) is 38.9. The van der Waals surface area contributed by atoms with Gasteiger partial charge >= 0.3 is 6.03 Å². The van der Waals surface area contributed by atoms with Gasteiger partial charge < -0.3 is 140 Å². The van der Waals surface area contributed by atoms with Gasteiger partial charge in [0, 0.05) is 111 Å². The average Bonchev–Trinajstić information content (AvgIpc) is 1.68. The van der Waals surface area contributed by atoms with Gasteiger partial charge in [-0.05, 0) is 151 Å². The van der Waals surface area contributed by atoms with Crippen LogP contribution in [0.4, 0.5) is 4.79 Å². The predicted octanol–water partition coefficient (Wildman–Crippen LogP) is -3.11. The van der Waals surface area contributed by atoms with E-state index in [0.717, 1.165) is 4.90 Å². The van der Waals surface area contributed by atoms with Crippen LogP contribution in [-0.2, 0) is 130 Å². The van der Waals surface area contributed by atoms with Gasteiger partial charge in [0.1, 0.15) is 102 Å². The van der Waals surface area contributed by atoms with E-state index < -0.39 is 235 Å². The molecule has 49 nitrogen and oxygen atoms in total. The summed E-state index contributed by atoms with van der Waals surface area (Å²) in [7, 11) is 0. The number of hydrogen-bond donors (Lipinski definition) is 26. The number of nitrogens with two attached hydrogens (primary N) is 1. The second kappa shape index (κ2) is 52.7. The minimum absolute atomic E-state index is 0.0584. The van der Waals surface area contributed by atoms with E-state index in [0.29, 0.717) is 55.4 Å². The molecule has 11 rings (SSSR count). The maximum Gasteiger partial charge on any atom is 0.330 e. The zero-order valence-electron chi connectivity index (χ0n) is 83.2. The molecular formula is C99H131N25O24. The fourth-order valence-electron chi connectivity index (χ4n) is 16.9. The molecule has 0 aliphatic carbocycles. The van der Waals surface area contributed by atoms with Crippen molar-refractivity contribution in [2.24, 2.45) is 11.7 Å². The van der Waals surface area contributed by atoms with Crippen molar-refractivity contribution in [3.63, 3.8) is 0 Å². The number of carbonyl (C=O) groups is 18. The van der Waals surface area contributed by atoms with E-state index in [1.54, 1.807) is 116 Å². The first-order chi connectivity index (χ1) is 70.4. The highest BCUT2D eigenvalue weighted by atomic mass is 16.5. The van der Waals surface area contributed by atoms with E-state index in [1.807, 2.05) is 5.43 Å². The maximum absolute atomic E-state index is 15.3. The van der Waals surface area contributed by atoms with Gasteiger partial charge in [-0.2, -0.15) is 0 Å². The van der Waals surface area contributed by atoms with Crippen molar-refractivity contribution in [1.82, 2.24) is 125 Å². The largest absolute Gasteiger partial charge is 0.508 e. The summed E-state index contributed by atoms with van der Waals surface area (Å²) in [5.41, 5.74) is 11.1. The van der Waals surface area contributed by atoms with Crippen LogP contribution in [-0.4, -0.2) is 303 Å². The number of aromatic hydroxyl groups is 2. The molecular weight excluding hydrogens is 1920 g/mol. The molecule has 19 amide bonds. The lowest BCUT2D eigenvalue weighted by Crippen LogP contribution is -2.62.